The van der Waals surface area contributed by atoms with E-state index in [0.717, 1.165) is 21.5 Å². The molecule has 4 heteroatoms. The van der Waals surface area contributed by atoms with Crippen molar-refractivity contribution in [2.45, 2.75) is 6.92 Å². The lowest BCUT2D eigenvalue weighted by atomic mass is 10.2. The zero-order valence-corrected chi connectivity index (χ0v) is 10.5. The van der Waals surface area contributed by atoms with Gasteiger partial charge in [0, 0.05) is 28.1 Å². The van der Waals surface area contributed by atoms with Crippen molar-refractivity contribution in [3.8, 4) is 0 Å². The number of hydrogen-bond acceptors (Lipinski definition) is 3. The Balaban J connectivity index is 2.30. The summed E-state index contributed by atoms with van der Waals surface area (Å²) in [5.74, 6) is 0.751. The van der Waals surface area contributed by atoms with Gasteiger partial charge in [-0.2, -0.15) is 0 Å². The largest absolute Gasteiger partial charge is 0.399 e. The molecular weight excluding hydrogens is 266 g/mol. The second-order valence-electron chi connectivity index (χ2n) is 3.56. The summed E-state index contributed by atoms with van der Waals surface area (Å²) in [6.07, 6.45) is 1.69. The predicted octanol–water partition coefficient (Wildman–Crippen LogP) is 3.48. The minimum atomic E-state index is 0.699. The van der Waals surface area contributed by atoms with Gasteiger partial charge >= 0.3 is 0 Å². The first-order valence-electron chi connectivity index (χ1n) is 4.90. The number of nitrogens with two attached hydrogens (primary N) is 1. The number of nitrogen functional groups attached to an aromatic ring is 1. The molecule has 0 fully saturated rings. The number of benzene rings is 1. The molecule has 1 aromatic carbocycles. The molecule has 0 unspecified atom stereocenters. The van der Waals surface area contributed by atoms with E-state index in [1.165, 1.54) is 0 Å². The summed E-state index contributed by atoms with van der Waals surface area (Å²) in [7, 11) is 0. The molecule has 0 aliphatic rings. The van der Waals surface area contributed by atoms with Gasteiger partial charge in [0.25, 0.3) is 0 Å². The maximum absolute atomic E-state index is 5.69. The molecule has 3 N–H and O–H groups in total. The molecule has 1 aromatic heterocycles. The van der Waals surface area contributed by atoms with Crippen LogP contribution < -0.4 is 11.1 Å². The quantitative estimate of drug-likeness (QED) is 0.884. The van der Waals surface area contributed by atoms with Crippen molar-refractivity contribution in [3.63, 3.8) is 0 Å². The van der Waals surface area contributed by atoms with E-state index < -0.39 is 0 Å². The van der Waals surface area contributed by atoms with Crippen molar-refractivity contribution in [2.24, 2.45) is 0 Å². The third kappa shape index (κ3) is 2.52. The SMILES string of the molecule is Cc1ccc(Br)cc1Nc1cc(N)ccn1. The maximum Gasteiger partial charge on any atom is 0.132 e. The summed E-state index contributed by atoms with van der Waals surface area (Å²) in [6, 6.07) is 9.63. The highest BCUT2D eigenvalue weighted by Gasteiger charge is 2.01. The zero-order chi connectivity index (χ0) is 11.5. The van der Waals surface area contributed by atoms with Crippen molar-refractivity contribution in [3.05, 3.63) is 46.6 Å². The van der Waals surface area contributed by atoms with Gasteiger partial charge in [-0.15, -0.1) is 0 Å². The van der Waals surface area contributed by atoms with Gasteiger partial charge in [0.05, 0.1) is 0 Å². The van der Waals surface area contributed by atoms with Crippen LogP contribution in [0.25, 0.3) is 0 Å². The first kappa shape index (κ1) is 11.0. The van der Waals surface area contributed by atoms with Crippen molar-refractivity contribution in [1.29, 1.82) is 0 Å². The van der Waals surface area contributed by atoms with Crippen molar-refractivity contribution in [2.75, 3.05) is 11.1 Å². The Hall–Kier alpha value is -1.55. The van der Waals surface area contributed by atoms with E-state index in [1.807, 2.05) is 25.1 Å². The molecule has 0 atom stereocenters. The Labute approximate surface area is 103 Å². The van der Waals surface area contributed by atoms with Crippen LogP contribution in [0.15, 0.2) is 41.0 Å². The lowest BCUT2D eigenvalue weighted by Gasteiger charge is -2.09. The molecular formula is C12H12BrN3. The van der Waals surface area contributed by atoms with E-state index in [-0.39, 0.29) is 0 Å². The topological polar surface area (TPSA) is 50.9 Å². The number of anilines is 3. The van der Waals surface area contributed by atoms with E-state index >= 15 is 0 Å². The number of nitrogens with one attached hydrogen (secondary N) is 1. The highest BCUT2D eigenvalue weighted by atomic mass is 79.9. The summed E-state index contributed by atoms with van der Waals surface area (Å²) in [6.45, 7) is 2.04. The molecule has 3 nitrogen and oxygen atoms in total. The smallest absolute Gasteiger partial charge is 0.132 e. The van der Waals surface area contributed by atoms with Gasteiger partial charge in [0.15, 0.2) is 0 Å². The summed E-state index contributed by atoms with van der Waals surface area (Å²) in [5.41, 5.74) is 8.57. The monoisotopic (exact) mass is 277 g/mol. The van der Waals surface area contributed by atoms with Crippen LogP contribution in [0.1, 0.15) is 5.56 Å². The highest BCUT2D eigenvalue weighted by Crippen LogP contribution is 2.23. The Morgan fingerprint density at radius 2 is 2.06 bits per heavy atom. The van der Waals surface area contributed by atoms with Crippen LogP contribution in [0, 0.1) is 6.92 Å². The molecule has 2 rings (SSSR count). The normalized spacial score (nSPS) is 10.1. The molecule has 0 amide bonds. The first-order valence-corrected chi connectivity index (χ1v) is 5.69. The lowest BCUT2D eigenvalue weighted by molar-refractivity contribution is 1.30. The predicted molar refractivity (Wildman–Crippen MR) is 70.8 cm³/mol. The van der Waals surface area contributed by atoms with Crippen LogP contribution in [-0.4, -0.2) is 4.98 Å². The van der Waals surface area contributed by atoms with Crippen molar-refractivity contribution >= 4 is 33.1 Å². The van der Waals surface area contributed by atoms with Gasteiger partial charge in [-0.1, -0.05) is 22.0 Å². The number of hydrogen-bond donors (Lipinski definition) is 2. The molecule has 16 heavy (non-hydrogen) atoms. The molecule has 0 spiro atoms. The second kappa shape index (κ2) is 4.53. The van der Waals surface area contributed by atoms with E-state index in [1.54, 1.807) is 18.3 Å². The van der Waals surface area contributed by atoms with E-state index in [9.17, 15) is 0 Å². The minimum absolute atomic E-state index is 0.699. The van der Waals surface area contributed by atoms with Gasteiger partial charge in [0.1, 0.15) is 5.82 Å². The third-order valence-electron chi connectivity index (χ3n) is 2.25. The van der Waals surface area contributed by atoms with E-state index in [0.29, 0.717) is 5.69 Å². The third-order valence-corrected chi connectivity index (χ3v) is 2.74. The fourth-order valence-corrected chi connectivity index (χ4v) is 1.74. The molecule has 0 aliphatic carbocycles. The molecule has 0 aliphatic heterocycles. The molecule has 1 heterocycles. The number of pyridine rings is 1. The number of aryl methyl sites for hydroxylation is 1. The van der Waals surface area contributed by atoms with Crippen LogP contribution in [-0.2, 0) is 0 Å². The summed E-state index contributed by atoms with van der Waals surface area (Å²) in [5, 5.41) is 3.23. The van der Waals surface area contributed by atoms with Gasteiger partial charge in [0.2, 0.25) is 0 Å². The Kier molecular flexibility index (Phi) is 3.10. The van der Waals surface area contributed by atoms with Crippen LogP contribution in [0.3, 0.4) is 0 Å². The van der Waals surface area contributed by atoms with Gasteiger partial charge < -0.3 is 11.1 Å². The average Bonchev–Trinajstić information content (AvgIpc) is 2.24. The maximum atomic E-state index is 5.69. The molecule has 82 valence electrons. The van der Waals surface area contributed by atoms with Crippen LogP contribution in [0.2, 0.25) is 0 Å². The number of nitrogens with zero attached hydrogens (tertiary/aromatic N) is 1. The Morgan fingerprint density at radius 1 is 1.25 bits per heavy atom. The Morgan fingerprint density at radius 3 is 2.81 bits per heavy atom. The second-order valence-corrected chi connectivity index (χ2v) is 4.47. The molecule has 0 bridgehead atoms. The molecule has 0 saturated heterocycles. The lowest BCUT2D eigenvalue weighted by Crippen LogP contribution is -1.96. The summed E-state index contributed by atoms with van der Waals surface area (Å²) in [4.78, 5) is 4.20. The zero-order valence-electron chi connectivity index (χ0n) is 8.87. The number of halogens is 1. The standard InChI is InChI=1S/C12H12BrN3/c1-8-2-3-9(13)6-11(8)16-12-7-10(14)4-5-15-12/h2-7H,1H3,(H3,14,15,16). The minimum Gasteiger partial charge on any atom is -0.399 e. The molecule has 0 radical (unpaired) electrons. The van der Waals surface area contributed by atoms with Crippen LogP contribution in [0.5, 0.6) is 0 Å². The van der Waals surface area contributed by atoms with Crippen LogP contribution in [0.4, 0.5) is 17.2 Å². The number of aromatic nitrogens is 1. The highest BCUT2D eigenvalue weighted by molar-refractivity contribution is 9.10. The summed E-state index contributed by atoms with van der Waals surface area (Å²) >= 11 is 3.44. The average molecular weight is 278 g/mol. The van der Waals surface area contributed by atoms with Gasteiger partial charge in [-0.05, 0) is 30.7 Å². The molecule has 0 saturated carbocycles. The van der Waals surface area contributed by atoms with Crippen molar-refractivity contribution in [1.82, 2.24) is 4.98 Å². The van der Waals surface area contributed by atoms with Gasteiger partial charge in [-0.3, -0.25) is 0 Å². The fourth-order valence-electron chi connectivity index (χ4n) is 1.38. The fraction of sp³-hybridized carbons (Fsp3) is 0.0833. The number of rotatable bonds is 2. The first-order chi connectivity index (χ1) is 7.65. The van der Waals surface area contributed by atoms with E-state index in [4.69, 9.17) is 5.73 Å². The Bertz CT molecular complexity index is 511. The van der Waals surface area contributed by atoms with E-state index in [2.05, 4.69) is 26.2 Å². The van der Waals surface area contributed by atoms with Gasteiger partial charge in [-0.25, -0.2) is 4.98 Å². The molecule has 2 aromatic rings. The summed E-state index contributed by atoms with van der Waals surface area (Å²) < 4.78 is 1.03. The van der Waals surface area contributed by atoms with Crippen LogP contribution >= 0.6 is 15.9 Å². The van der Waals surface area contributed by atoms with Crippen molar-refractivity contribution < 1.29 is 0 Å².